The molecular weight excluding hydrogens is 646 g/mol. The van der Waals surface area contributed by atoms with Gasteiger partial charge in [0.2, 0.25) is 0 Å². The zero-order chi connectivity index (χ0) is 34.5. The highest BCUT2D eigenvalue weighted by Crippen LogP contribution is 2.40. The highest BCUT2D eigenvalue weighted by Gasteiger charge is 2.50. The molecule has 0 unspecified atom stereocenters. The monoisotopic (exact) mass is 686 g/mol. The lowest BCUT2D eigenvalue weighted by Crippen LogP contribution is -2.66. The maximum atomic E-state index is 13.3. The van der Waals surface area contributed by atoms with Gasteiger partial charge in [-0.25, -0.2) is 0 Å². The predicted molar refractivity (Wildman–Crippen MR) is 183 cm³/mol. The topological polar surface area (TPSA) is 71.1 Å². The average molecular weight is 687 g/mol. The molecule has 4 rings (SSSR count). The summed E-state index contributed by atoms with van der Waals surface area (Å²) in [5.74, 6) is 0.392. The Morgan fingerprint density at radius 3 is 1.77 bits per heavy atom. The van der Waals surface area contributed by atoms with E-state index in [0.717, 1.165) is 5.57 Å². The van der Waals surface area contributed by atoms with E-state index >= 15 is 0 Å². The number of halogens is 3. The first-order valence-corrected chi connectivity index (χ1v) is 18.6. The summed E-state index contributed by atoms with van der Waals surface area (Å²) < 4.78 is 86.4. The summed E-state index contributed by atoms with van der Waals surface area (Å²) >= 11 is 0. The van der Waals surface area contributed by atoms with Gasteiger partial charge >= 0.3 is 15.6 Å². The number of aryl methyl sites for hydroxylation is 1. The highest BCUT2D eigenvalue weighted by molar-refractivity contribution is 7.88. The standard InChI is InChI=1S/C36H41F3O6SSi/c1-26(22-23-44-47(35(2,3)4,28-16-9-7-10-17-28)29-18-11-8-12-19-29)14-13-15-27-24-30-31(33(43-6)21-20-32(30)42-5)25-34(27)45-46(40,41)36(37,38)39/h7-12,16-22,24-25H,13-15,23H2,1-6H3/b26-22-. The fraction of sp³-hybridized carbons (Fsp3) is 0.333. The zero-order valence-electron chi connectivity index (χ0n) is 27.5. The molecule has 0 radical (unpaired) electrons. The van der Waals surface area contributed by atoms with Crippen molar-refractivity contribution in [2.45, 2.75) is 57.5 Å². The largest absolute Gasteiger partial charge is 0.534 e. The third-order valence-electron chi connectivity index (χ3n) is 8.21. The quantitative estimate of drug-likeness (QED) is 0.0616. The van der Waals surface area contributed by atoms with Crippen molar-refractivity contribution in [2.75, 3.05) is 20.8 Å². The summed E-state index contributed by atoms with van der Waals surface area (Å²) in [6.45, 7) is 8.99. The molecule has 0 spiro atoms. The first-order chi connectivity index (χ1) is 22.1. The molecule has 6 nitrogen and oxygen atoms in total. The van der Waals surface area contributed by atoms with Gasteiger partial charge in [0.1, 0.15) is 17.2 Å². The first kappa shape index (κ1) is 36.0. The van der Waals surface area contributed by atoms with E-state index in [1.165, 1.54) is 30.7 Å². The van der Waals surface area contributed by atoms with Crippen LogP contribution in [0.5, 0.6) is 17.2 Å². The number of hydrogen-bond donors (Lipinski definition) is 0. The van der Waals surface area contributed by atoms with E-state index in [1.54, 1.807) is 18.2 Å². The molecule has 0 N–H and O–H groups in total. The minimum atomic E-state index is -5.90. The van der Waals surface area contributed by atoms with Gasteiger partial charge in [-0.05, 0) is 71.4 Å². The SMILES string of the molecule is COc1ccc(OC)c2cc(OS(=O)(=O)C(F)(F)F)c(CCC/C(C)=C\CO[Si](c3ccccc3)(c3ccccc3)C(C)(C)C)cc12. The average Bonchev–Trinajstić information content (AvgIpc) is 3.02. The maximum Gasteiger partial charge on any atom is 0.534 e. The Balaban J connectivity index is 1.59. The predicted octanol–water partition coefficient (Wildman–Crippen LogP) is 7.93. The van der Waals surface area contributed by atoms with Gasteiger partial charge in [-0.2, -0.15) is 21.6 Å². The molecule has 0 heterocycles. The maximum absolute atomic E-state index is 13.3. The molecule has 0 bridgehead atoms. The molecule has 4 aromatic carbocycles. The van der Waals surface area contributed by atoms with Gasteiger partial charge in [-0.15, -0.1) is 0 Å². The molecule has 0 amide bonds. The molecule has 0 atom stereocenters. The van der Waals surface area contributed by atoms with Crippen LogP contribution >= 0.6 is 0 Å². The Hall–Kier alpha value is -3.80. The number of allylic oxidation sites excluding steroid dienone is 1. The number of alkyl halides is 3. The first-order valence-electron chi connectivity index (χ1n) is 15.2. The summed E-state index contributed by atoms with van der Waals surface area (Å²) in [5, 5.41) is 3.10. The molecule has 0 fully saturated rings. The molecule has 0 saturated carbocycles. The van der Waals surface area contributed by atoms with Crippen molar-refractivity contribution >= 4 is 39.6 Å². The number of rotatable bonds is 13. The van der Waals surface area contributed by atoms with Crippen molar-refractivity contribution in [3.05, 3.63) is 102 Å². The summed E-state index contributed by atoms with van der Waals surface area (Å²) in [7, 11) is -5.73. The van der Waals surface area contributed by atoms with Crippen molar-refractivity contribution in [1.29, 1.82) is 0 Å². The van der Waals surface area contributed by atoms with Gasteiger partial charge in [0.15, 0.2) is 0 Å². The molecular formula is C36H41F3O6SSi. The molecule has 0 aliphatic rings. The molecule has 0 aliphatic carbocycles. The second-order valence-electron chi connectivity index (χ2n) is 12.3. The van der Waals surface area contributed by atoms with E-state index in [0.29, 0.717) is 47.3 Å². The van der Waals surface area contributed by atoms with Crippen LogP contribution in [0.2, 0.25) is 5.04 Å². The summed E-state index contributed by atoms with van der Waals surface area (Å²) in [6, 6.07) is 26.8. The number of methoxy groups -OCH3 is 2. The van der Waals surface area contributed by atoms with E-state index < -0.39 is 29.7 Å². The lowest BCUT2D eigenvalue weighted by atomic mass is 9.99. The van der Waals surface area contributed by atoms with Crippen molar-refractivity contribution in [1.82, 2.24) is 0 Å². The van der Waals surface area contributed by atoms with Crippen LogP contribution in [0.3, 0.4) is 0 Å². The van der Waals surface area contributed by atoms with Crippen molar-refractivity contribution in [2.24, 2.45) is 0 Å². The second kappa shape index (κ2) is 14.5. The molecule has 11 heteroatoms. The minimum absolute atomic E-state index is 0.176. The Labute approximate surface area is 276 Å². The van der Waals surface area contributed by atoms with Crippen LogP contribution in [0, 0.1) is 0 Å². The number of ether oxygens (including phenoxy) is 2. The van der Waals surface area contributed by atoms with Gasteiger partial charge in [-0.1, -0.05) is 93.1 Å². The summed E-state index contributed by atoms with van der Waals surface area (Å²) in [5.41, 5.74) is -4.25. The van der Waals surface area contributed by atoms with Crippen LogP contribution in [0.15, 0.2) is 96.6 Å². The lowest BCUT2D eigenvalue weighted by molar-refractivity contribution is -0.0500. The fourth-order valence-electron chi connectivity index (χ4n) is 5.89. The summed E-state index contributed by atoms with van der Waals surface area (Å²) in [4.78, 5) is 0. The smallest absolute Gasteiger partial charge is 0.496 e. The molecule has 0 aromatic heterocycles. The van der Waals surface area contributed by atoms with Gasteiger partial charge in [0, 0.05) is 10.8 Å². The number of benzene rings is 4. The molecule has 0 aliphatic heterocycles. The highest BCUT2D eigenvalue weighted by atomic mass is 32.2. The fourth-order valence-corrected chi connectivity index (χ4v) is 10.9. The van der Waals surface area contributed by atoms with Crippen LogP contribution in [0.25, 0.3) is 10.8 Å². The van der Waals surface area contributed by atoms with E-state index in [-0.39, 0.29) is 11.5 Å². The van der Waals surface area contributed by atoms with E-state index in [2.05, 4.69) is 49.2 Å². The number of hydrogen-bond acceptors (Lipinski definition) is 6. The summed E-state index contributed by atoms with van der Waals surface area (Å²) in [6.07, 6.45) is 3.41. The van der Waals surface area contributed by atoms with Gasteiger partial charge in [0.05, 0.1) is 20.8 Å². The molecule has 47 heavy (non-hydrogen) atoms. The second-order valence-corrected chi connectivity index (χ2v) is 18.2. The molecule has 252 valence electrons. The van der Waals surface area contributed by atoms with Crippen molar-refractivity contribution in [3.8, 4) is 17.2 Å². The van der Waals surface area contributed by atoms with Crippen LogP contribution in [0.1, 0.15) is 46.1 Å². The Bertz CT molecular complexity index is 1760. The lowest BCUT2D eigenvalue weighted by Gasteiger charge is -2.42. The van der Waals surface area contributed by atoms with Crippen molar-refractivity contribution in [3.63, 3.8) is 0 Å². The Kier molecular flexibility index (Phi) is 11.1. The zero-order valence-corrected chi connectivity index (χ0v) is 29.3. The van der Waals surface area contributed by atoms with Crippen LogP contribution in [-0.4, -0.2) is 43.1 Å². The van der Waals surface area contributed by atoms with Gasteiger partial charge in [0.25, 0.3) is 8.32 Å². The van der Waals surface area contributed by atoms with E-state index in [1.807, 2.05) is 49.4 Å². The van der Waals surface area contributed by atoms with Crippen molar-refractivity contribution < 1.29 is 39.7 Å². The van der Waals surface area contributed by atoms with Gasteiger partial charge < -0.3 is 18.1 Å². The third kappa shape index (κ3) is 7.85. The van der Waals surface area contributed by atoms with Gasteiger partial charge in [-0.3, -0.25) is 0 Å². The Morgan fingerprint density at radius 1 is 0.787 bits per heavy atom. The minimum Gasteiger partial charge on any atom is -0.496 e. The van der Waals surface area contributed by atoms with Crippen LogP contribution in [0.4, 0.5) is 13.2 Å². The molecule has 4 aromatic rings. The third-order valence-corrected chi connectivity index (χ3v) is 14.2. The van der Waals surface area contributed by atoms with Crippen LogP contribution < -0.4 is 24.0 Å². The normalized spacial score (nSPS) is 13.1. The van der Waals surface area contributed by atoms with E-state index in [4.69, 9.17) is 13.9 Å². The molecule has 0 saturated heterocycles. The van der Waals surface area contributed by atoms with E-state index in [9.17, 15) is 21.6 Å². The number of fused-ring (bicyclic) bond motifs is 1. The van der Waals surface area contributed by atoms with Crippen LogP contribution in [-0.2, 0) is 21.0 Å². The Morgan fingerprint density at radius 2 is 1.30 bits per heavy atom.